The molecule has 1 heterocycles. The van der Waals surface area contributed by atoms with Gasteiger partial charge in [-0.3, -0.25) is 0 Å². The van der Waals surface area contributed by atoms with Crippen molar-refractivity contribution < 1.29 is 19.4 Å². The summed E-state index contributed by atoms with van der Waals surface area (Å²) >= 11 is 0. The second kappa shape index (κ2) is 7.63. The number of rotatable bonds is 8. The van der Waals surface area contributed by atoms with Crippen LogP contribution in [0.3, 0.4) is 0 Å². The zero-order valence-electron chi connectivity index (χ0n) is 10.7. The average Bonchev–Trinajstić information content (AvgIpc) is 2.76. The van der Waals surface area contributed by atoms with Gasteiger partial charge in [-0.2, -0.15) is 0 Å². The van der Waals surface area contributed by atoms with E-state index in [9.17, 15) is 4.79 Å². The van der Waals surface area contributed by atoms with E-state index in [4.69, 9.17) is 14.6 Å². The molecule has 0 aromatic rings. The van der Waals surface area contributed by atoms with E-state index in [-0.39, 0.29) is 0 Å². The van der Waals surface area contributed by atoms with E-state index in [1.807, 2.05) is 14.0 Å². The summed E-state index contributed by atoms with van der Waals surface area (Å²) in [5.74, 6) is -0.877. The normalized spacial score (nSPS) is 21.9. The molecule has 1 N–H and O–H groups in total. The minimum Gasteiger partial charge on any atom is -0.479 e. The van der Waals surface area contributed by atoms with Crippen molar-refractivity contribution in [3.63, 3.8) is 0 Å². The van der Waals surface area contributed by atoms with Crippen LogP contribution in [0.4, 0.5) is 0 Å². The van der Waals surface area contributed by atoms with Gasteiger partial charge in [-0.15, -0.1) is 0 Å². The van der Waals surface area contributed by atoms with Crippen LogP contribution in [0, 0.1) is 0 Å². The Kier molecular flexibility index (Phi) is 6.47. The lowest BCUT2D eigenvalue weighted by molar-refractivity contribution is -0.150. The van der Waals surface area contributed by atoms with Crippen molar-refractivity contribution in [1.29, 1.82) is 0 Å². The van der Waals surface area contributed by atoms with Gasteiger partial charge in [0, 0.05) is 26.3 Å². The number of carbonyl (C=O) groups is 1. The van der Waals surface area contributed by atoms with E-state index in [2.05, 4.69) is 4.90 Å². The molecule has 5 heteroatoms. The molecule has 0 aliphatic carbocycles. The fraction of sp³-hybridized carbons (Fsp3) is 0.917. The van der Waals surface area contributed by atoms with Crippen LogP contribution in [0.5, 0.6) is 0 Å². The van der Waals surface area contributed by atoms with E-state index < -0.39 is 12.1 Å². The topological polar surface area (TPSA) is 59.0 Å². The first-order valence-corrected chi connectivity index (χ1v) is 6.28. The van der Waals surface area contributed by atoms with Crippen molar-refractivity contribution in [2.45, 2.75) is 38.4 Å². The van der Waals surface area contributed by atoms with Crippen LogP contribution < -0.4 is 0 Å². The quantitative estimate of drug-likeness (QED) is 0.690. The SMILES string of the molecule is CCOC(CCN(C)CC1CCCO1)C(=O)O. The fourth-order valence-corrected chi connectivity index (χ4v) is 2.04. The second-order valence-corrected chi connectivity index (χ2v) is 4.47. The van der Waals surface area contributed by atoms with Gasteiger partial charge in [-0.25, -0.2) is 4.79 Å². The summed E-state index contributed by atoms with van der Waals surface area (Å²) < 4.78 is 10.7. The Morgan fingerprint density at radius 2 is 2.41 bits per heavy atom. The van der Waals surface area contributed by atoms with Gasteiger partial charge < -0.3 is 19.5 Å². The Hall–Kier alpha value is -0.650. The van der Waals surface area contributed by atoms with Crippen LogP contribution in [0.1, 0.15) is 26.2 Å². The number of carboxylic acids is 1. The van der Waals surface area contributed by atoms with Crippen molar-refractivity contribution in [3.05, 3.63) is 0 Å². The van der Waals surface area contributed by atoms with E-state index >= 15 is 0 Å². The third-order valence-electron chi connectivity index (χ3n) is 2.96. The molecule has 2 unspecified atom stereocenters. The van der Waals surface area contributed by atoms with Gasteiger partial charge in [-0.1, -0.05) is 0 Å². The molecule has 0 aromatic heterocycles. The summed E-state index contributed by atoms with van der Waals surface area (Å²) in [5, 5.41) is 8.93. The van der Waals surface area contributed by atoms with Crippen molar-refractivity contribution in [2.75, 3.05) is 33.4 Å². The number of likely N-dealkylation sites (N-methyl/N-ethyl adjacent to an activating group) is 1. The molecular formula is C12H23NO4. The van der Waals surface area contributed by atoms with Crippen molar-refractivity contribution in [2.24, 2.45) is 0 Å². The third-order valence-corrected chi connectivity index (χ3v) is 2.96. The van der Waals surface area contributed by atoms with Crippen molar-refractivity contribution in [3.8, 4) is 0 Å². The van der Waals surface area contributed by atoms with Gasteiger partial charge in [0.05, 0.1) is 6.10 Å². The first-order chi connectivity index (χ1) is 8.13. The highest BCUT2D eigenvalue weighted by Crippen LogP contribution is 2.13. The molecule has 17 heavy (non-hydrogen) atoms. The lowest BCUT2D eigenvalue weighted by atomic mass is 10.2. The van der Waals surface area contributed by atoms with Gasteiger partial charge in [0.1, 0.15) is 0 Å². The molecule has 1 fully saturated rings. The molecule has 5 nitrogen and oxygen atoms in total. The lowest BCUT2D eigenvalue weighted by Crippen LogP contribution is -2.34. The summed E-state index contributed by atoms with van der Waals surface area (Å²) in [4.78, 5) is 13.0. The molecule has 1 aliphatic rings. The number of hydrogen-bond donors (Lipinski definition) is 1. The van der Waals surface area contributed by atoms with Gasteiger partial charge in [0.2, 0.25) is 0 Å². The number of carboxylic acid groups (broad SMARTS) is 1. The Morgan fingerprint density at radius 1 is 1.65 bits per heavy atom. The molecule has 1 aliphatic heterocycles. The van der Waals surface area contributed by atoms with Gasteiger partial charge in [-0.05, 0) is 33.2 Å². The maximum absolute atomic E-state index is 10.9. The number of ether oxygens (including phenoxy) is 2. The standard InChI is InChI=1S/C12H23NO4/c1-3-16-11(12(14)15)6-7-13(2)9-10-5-4-8-17-10/h10-11H,3-9H2,1-2H3,(H,14,15). The smallest absolute Gasteiger partial charge is 0.332 e. The van der Waals surface area contributed by atoms with E-state index in [0.717, 1.165) is 32.5 Å². The van der Waals surface area contributed by atoms with Gasteiger partial charge in [0.15, 0.2) is 6.10 Å². The summed E-state index contributed by atoms with van der Waals surface area (Å²) in [6.07, 6.45) is 2.39. The molecule has 0 amide bonds. The Bertz CT molecular complexity index is 229. The molecule has 0 aromatic carbocycles. The predicted molar refractivity (Wildman–Crippen MR) is 64.1 cm³/mol. The zero-order chi connectivity index (χ0) is 12.7. The van der Waals surface area contributed by atoms with Crippen molar-refractivity contribution in [1.82, 2.24) is 4.90 Å². The monoisotopic (exact) mass is 245 g/mol. The summed E-state index contributed by atoms with van der Waals surface area (Å²) in [6.45, 7) is 4.70. The minimum atomic E-state index is -0.877. The lowest BCUT2D eigenvalue weighted by Gasteiger charge is -2.22. The molecular weight excluding hydrogens is 222 g/mol. The van der Waals surface area contributed by atoms with Gasteiger partial charge >= 0.3 is 5.97 Å². The highest BCUT2D eigenvalue weighted by molar-refractivity contribution is 5.72. The minimum absolute atomic E-state index is 0.315. The first kappa shape index (κ1) is 14.4. The highest BCUT2D eigenvalue weighted by Gasteiger charge is 2.20. The van der Waals surface area contributed by atoms with Crippen LogP contribution in [0.2, 0.25) is 0 Å². The highest BCUT2D eigenvalue weighted by atomic mass is 16.5. The predicted octanol–water partition coefficient (Wildman–Crippen LogP) is 0.977. The second-order valence-electron chi connectivity index (χ2n) is 4.47. The Labute approximate surface area is 103 Å². The molecule has 100 valence electrons. The van der Waals surface area contributed by atoms with E-state index in [0.29, 0.717) is 19.1 Å². The van der Waals surface area contributed by atoms with E-state index in [1.165, 1.54) is 0 Å². The Morgan fingerprint density at radius 3 is 2.94 bits per heavy atom. The summed E-state index contributed by atoms with van der Waals surface area (Å²) in [6, 6.07) is 0. The number of hydrogen-bond acceptors (Lipinski definition) is 4. The van der Waals surface area contributed by atoms with Crippen LogP contribution >= 0.6 is 0 Å². The molecule has 2 atom stereocenters. The Balaban J connectivity index is 2.20. The fourth-order valence-electron chi connectivity index (χ4n) is 2.04. The van der Waals surface area contributed by atoms with Crippen LogP contribution in [-0.4, -0.2) is 61.5 Å². The molecule has 1 saturated heterocycles. The molecule has 0 bridgehead atoms. The van der Waals surface area contributed by atoms with Gasteiger partial charge in [0.25, 0.3) is 0 Å². The van der Waals surface area contributed by atoms with Crippen molar-refractivity contribution >= 4 is 5.97 Å². The molecule has 0 radical (unpaired) electrons. The molecule has 1 rings (SSSR count). The number of nitrogens with zero attached hydrogens (tertiary/aromatic N) is 1. The molecule has 0 spiro atoms. The summed E-state index contributed by atoms with van der Waals surface area (Å²) in [5.41, 5.74) is 0. The maximum Gasteiger partial charge on any atom is 0.332 e. The zero-order valence-corrected chi connectivity index (χ0v) is 10.7. The number of aliphatic carboxylic acids is 1. The van der Waals surface area contributed by atoms with Crippen LogP contribution in [-0.2, 0) is 14.3 Å². The maximum atomic E-state index is 10.9. The average molecular weight is 245 g/mol. The summed E-state index contributed by atoms with van der Waals surface area (Å²) in [7, 11) is 1.99. The largest absolute Gasteiger partial charge is 0.479 e. The van der Waals surface area contributed by atoms with E-state index in [1.54, 1.807) is 0 Å². The van der Waals surface area contributed by atoms with Crippen LogP contribution in [0.25, 0.3) is 0 Å². The molecule has 0 saturated carbocycles. The van der Waals surface area contributed by atoms with Crippen LogP contribution in [0.15, 0.2) is 0 Å². The first-order valence-electron chi connectivity index (χ1n) is 6.28. The third kappa shape index (κ3) is 5.48.